The van der Waals surface area contributed by atoms with Gasteiger partial charge in [-0.25, -0.2) is 9.18 Å². The molecule has 0 amide bonds. The number of rotatable bonds is 2. The van der Waals surface area contributed by atoms with Crippen molar-refractivity contribution in [3.63, 3.8) is 0 Å². The van der Waals surface area contributed by atoms with Crippen molar-refractivity contribution < 1.29 is 14.3 Å². The lowest BCUT2D eigenvalue weighted by molar-refractivity contribution is 0.0695. The summed E-state index contributed by atoms with van der Waals surface area (Å²) in [5.41, 5.74) is 1.32. The SMILES string of the molecule is Cc1c(F)cc(-c2cccnc2)cc1C(=O)O. The predicted molar refractivity (Wildman–Crippen MR) is 61.3 cm³/mol. The molecule has 1 heterocycles. The van der Waals surface area contributed by atoms with Crippen LogP contribution in [0, 0.1) is 12.7 Å². The first-order valence-electron chi connectivity index (χ1n) is 5.03. The summed E-state index contributed by atoms with van der Waals surface area (Å²) in [5.74, 6) is -1.66. The molecule has 0 fully saturated rings. The molecule has 0 aliphatic rings. The topological polar surface area (TPSA) is 50.2 Å². The van der Waals surface area contributed by atoms with E-state index in [-0.39, 0.29) is 11.1 Å². The standard InChI is InChI=1S/C13H10FNO2/c1-8-11(13(16)17)5-10(6-12(8)14)9-3-2-4-15-7-9/h2-7H,1H3,(H,16,17). The molecule has 1 aromatic carbocycles. The van der Waals surface area contributed by atoms with Crippen molar-refractivity contribution in [2.24, 2.45) is 0 Å². The summed E-state index contributed by atoms with van der Waals surface area (Å²) < 4.78 is 13.6. The normalized spacial score (nSPS) is 10.2. The minimum absolute atomic E-state index is 0.0242. The Labute approximate surface area is 97.6 Å². The number of carboxylic acid groups (broad SMARTS) is 1. The van der Waals surface area contributed by atoms with E-state index in [2.05, 4.69) is 4.98 Å². The van der Waals surface area contributed by atoms with E-state index in [1.807, 2.05) is 0 Å². The molecule has 4 heteroatoms. The van der Waals surface area contributed by atoms with Gasteiger partial charge < -0.3 is 5.11 Å². The molecule has 0 bridgehead atoms. The van der Waals surface area contributed by atoms with Crippen LogP contribution in [0.25, 0.3) is 11.1 Å². The molecule has 2 aromatic rings. The Morgan fingerprint density at radius 2 is 2.12 bits per heavy atom. The molecule has 0 saturated carbocycles. The molecule has 86 valence electrons. The van der Waals surface area contributed by atoms with Crippen molar-refractivity contribution in [2.75, 3.05) is 0 Å². The zero-order valence-electron chi connectivity index (χ0n) is 9.14. The zero-order chi connectivity index (χ0) is 12.4. The molecular formula is C13H10FNO2. The van der Waals surface area contributed by atoms with Crippen LogP contribution in [0.1, 0.15) is 15.9 Å². The first-order valence-corrected chi connectivity index (χ1v) is 5.03. The van der Waals surface area contributed by atoms with Crippen LogP contribution in [-0.4, -0.2) is 16.1 Å². The summed E-state index contributed by atoms with van der Waals surface area (Å²) in [5, 5.41) is 8.98. The Balaban J connectivity index is 2.61. The molecule has 0 atom stereocenters. The molecule has 0 unspecified atom stereocenters. The molecule has 0 aliphatic carbocycles. The Hall–Kier alpha value is -2.23. The van der Waals surface area contributed by atoms with E-state index in [4.69, 9.17) is 5.11 Å². The lowest BCUT2D eigenvalue weighted by Crippen LogP contribution is -2.02. The first-order chi connectivity index (χ1) is 8.09. The van der Waals surface area contributed by atoms with E-state index >= 15 is 0 Å². The third-order valence-electron chi connectivity index (χ3n) is 2.57. The van der Waals surface area contributed by atoms with Crippen LogP contribution in [-0.2, 0) is 0 Å². The van der Waals surface area contributed by atoms with Crippen molar-refractivity contribution in [3.05, 3.63) is 53.6 Å². The van der Waals surface area contributed by atoms with Crippen LogP contribution in [0.5, 0.6) is 0 Å². The first kappa shape index (κ1) is 11.3. The third kappa shape index (κ3) is 2.15. The number of benzene rings is 1. The number of pyridine rings is 1. The van der Waals surface area contributed by atoms with Gasteiger partial charge in [0.05, 0.1) is 5.56 Å². The Bertz CT molecular complexity index is 567. The van der Waals surface area contributed by atoms with Gasteiger partial charge >= 0.3 is 5.97 Å². The number of aromatic carboxylic acids is 1. The fourth-order valence-corrected chi connectivity index (χ4v) is 1.60. The molecule has 2 rings (SSSR count). The molecule has 1 aromatic heterocycles. The van der Waals surface area contributed by atoms with E-state index in [9.17, 15) is 9.18 Å². The fraction of sp³-hybridized carbons (Fsp3) is 0.0769. The molecule has 3 nitrogen and oxygen atoms in total. The maximum Gasteiger partial charge on any atom is 0.336 e. The smallest absolute Gasteiger partial charge is 0.336 e. The molecule has 0 aliphatic heterocycles. The van der Waals surface area contributed by atoms with Gasteiger partial charge in [-0.2, -0.15) is 0 Å². The minimum Gasteiger partial charge on any atom is -0.478 e. The number of halogens is 1. The fourth-order valence-electron chi connectivity index (χ4n) is 1.60. The summed E-state index contributed by atoms with van der Waals surface area (Å²) in [6.45, 7) is 1.45. The summed E-state index contributed by atoms with van der Waals surface area (Å²) in [6, 6.07) is 6.24. The highest BCUT2D eigenvalue weighted by Gasteiger charge is 2.13. The van der Waals surface area contributed by atoms with Gasteiger partial charge in [-0.3, -0.25) is 4.98 Å². The Kier molecular flexibility index (Phi) is 2.87. The van der Waals surface area contributed by atoms with E-state index in [0.29, 0.717) is 11.1 Å². The van der Waals surface area contributed by atoms with Crippen molar-refractivity contribution in [1.82, 2.24) is 4.98 Å². The maximum atomic E-state index is 13.6. The van der Waals surface area contributed by atoms with Gasteiger partial charge in [0.1, 0.15) is 5.82 Å². The number of hydrogen-bond donors (Lipinski definition) is 1. The molecule has 17 heavy (non-hydrogen) atoms. The van der Waals surface area contributed by atoms with Crippen molar-refractivity contribution in [2.45, 2.75) is 6.92 Å². The molecule has 0 spiro atoms. The minimum atomic E-state index is -1.13. The van der Waals surface area contributed by atoms with Crippen molar-refractivity contribution in [1.29, 1.82) is 0 Å². The second kappa shape index (κ2) is 4.33. The summed E-state index contributed by atoms with van der Waals surface area (Å²) in [6.07, 6.45) is 3.17. The Morgan fingerprint density at radius 1 is 1.35 bits per heavy atom. The highest BCUT2D eigenvalue weighted by Crippen LogP contribution is 2.24. The second-order valence-corrected chi connectivity index (χ2v) is 3.68. The van der Waals surface area contributed by atoms with Crippen molar-refractivity contribution in [3.8, 4) is 11.1 Å². The monoisotopic (exact) mass is 231 g/mol. The van der Waals surface area contributed by atoms with Crippen LogP contribution < -0.4 is 0 Å². The zero-order valence-corrected chi connectivity index (χ0v) is 9.14. The van der Waals surface area contributed by atoms with Gasteiger partial charge in [-0.05, 0) is 36.2 Å². The van der Waals surface area contributed by atoms with Crippen LogP contribution in [0.3, 0.4) is 0 Å². The molecular weight excluding hydrogens is 221 g/mol. The molecule has 0 radical (unpaired) electrons. The number of hydrogen-bond acceptors (Lipinski definition) is 2. The van der Waals surface area contributed by atoms with Gasteiger partial charge in [0, 0.05) is 18.0 Å². The summed E-state index contributed by atoms with van der Waals surface area (Å²) >= 11 is 0. The van der Waals surface area contributed by atoms with E-state index in [1.54, 1.807) is 24.5 Å². The van der Waals surface area contributed by atoms with Gasteiger partial charge in [0.2, 0.25) is 0 Å². The largest absolute Gasteiger partial charge is 0.478 e. The predicted octanol–water partition coefficient (Wildman–Crippen LogP) is 2.89. The third-order valence-corrected chi connectivity index (χ3v) is 2.57. The lowest BCUT2D eigenvalue weighted by Gasteiger charge is -2.07. The summed E-state index contributed by atoms with van der Waals surface area (Å²) in [4.78, 5) is 14.9. The maximum absolute atomic E-state index is 13.6. The highest BCUT2D eigenvalue weighted by molar-refractivity contribution is 5.91. The highest BCUT2D eigenvalue weighted by atomic mass is 19.1. The molecule has 0 saturated heterocycles. The molecule has 1 N–H and O–H groups in total. The van der Waals surface area contributed by atoms with Crippen molar-refractivity contribution >= 4 is 5.97 Å². The van der Waals surface area contributed by atoms with Crippen LogP contribution in [0.4, 0.5) is 4.39 Å². The number of aromatic nitrogens is 1. The average molecular weight is 231 g/mol. The number of nitrogens with zero attached hydrogens (tertiary/aromatic N) is 1. The number of carboxylic acids is 1. The van der Waals surface area contributed by atoms with Crippen LogP contribution in [0.15, 0.2) is 36.7 Å². The lowest BCUT2D eigenvalue weighted by atomic mass is 10.0. The van der Waals surface area contributed by atoms with E-state index in [1.165, 1.54) is 19.1 Å². The van der Waals surface area contributed by atoms with Crippen LogP contribution >= 0.6 is 0 Å². The summed E-state index contributed by atoms with van der Waals surface area (Å²) in [7, 11) is 0. The van der Waals surface area contributed by atoms with E-state index < -0.39 is 11.8 Å². The van der Waals surface area contributed by atoms with Crippen LogP contribution in [0.2, 0.25) is 0 Å². The number of carbonyl (C=O) groups is 1. The van der Waals surface area contributed by atoms with Gasteiger partial charge in [0.15, 0.2) is 0 Å². The second-order valence-electron chi connectivity index (χ2n) is 3.68. The quantitative estimate of drug-likeness (QED) is 0.864. The average Bonchev–Trinajstić information content (AvgIpc) is 2.33. The van der Waals surface area contributed by atoms with Gasteiger partial charge in [-0.1, -0.05) is 6.07 Å². The van der Waals surface area contributed by atoms with E-state index in [0.717, 1.165) is 0 Å². The van der Waals surface area contributed by atoms with Gasteiger partial charge in [0.25, 0.3) is 0 Å². The Morgan fingerprint density at radius 3 is 2.71 bits per heavy atom. The van der Waals surface area contributed by atoms with Gasteiger partial charge in [-0.15, -0.1) is 0 Å².